The average Bonchev–Trinajstić information content (AvgIpc) is 2.46. The van der Waals surface area contributed by atoms with Gasteiger partial charge in [0.15, 0.2) is 0 Å². The molecule has 2 aromatic carbocycles. The lowest BCUT2D eigenvalue weighted by molar-refractivity contribution is 0.527. The maximum absolute atomic E-state index is 6.48. The molecule has 19 heavy (non-hydrogen) atoms. The second kappa shape index (κ2) is 5.40. The molecule has 0 heterocycles. The molecule has 0 aliphatic heterocycles. The van der Waals surface area contributed by atoms with Crippen molar-refractivity contribution < 1.29 is 0 Å². The zero-order valence-electron chi connectivity index (χ0n) is 11.1. The minimum absolute atomic E-state index is 0.137. The topological polar surface area (TPSA) is 26.0 Å². The van der Waals surface area contributed by atoms with E-state index in [-0.39, 0.29) is 6.04 Å². The van der Waals surface area contributed by atoms with Crippen molar-refractivity contribution >= 4 is 11.8 Å². The molecular formula is C17H19NS. The highest BCUT2D eigenvalue weighted by Gasteiger charge is 2.31. The van der Waals surface area contributed by atoms with Gasteiger partial charge in [0.05, 0.1) is 0 Å². The van der Waals surface area contributed by atoms with E-state index in [4.69, 9.17) is 5.73 Å². The molecule has 0 radical (unpaired) electrons. The largest absolute Gasteiger partial charge is 0.323 e. The molecule has 1 nitrogen and oxygen atoms in total. The maximum atomic E-state index is 6.48. The maximum Gasteiger partial charge on any atom is 0.0422 e. The molecule has 0 fully saturated rings. The van der Waals surface area contributed by atoms with Crippen molar-refractivity contribution in [3.8, 4) is 0 Å². The first-order valence-corrected chi connectivity index (χ1v) is 7.70. The third-order valence-electron chi connectivity index (χ3n) is 3.90. The van der Waals surface area contributed by atoms with Gasteiger partial charge in [-0.2, -0.15) is 0 Å². The van der Waals surface area contributed by atoms with Crippen LogP contribution in [0.2, 0.25) is 0 Å². The Kier molecular flexibility index (Phi) is 3.63. The number of fused-ring (bicyclic) bond motifs is 1. The summed E-state index contributed by atoms with van der Waals surface area (Å²) in [6, 6.07) is 19.3. The van der Waals surface area contributed by atoms with Crippen LogP contribution in [0.25, 0.3) is 0 Å². The summed E-state index contributed by atoms with van der Waals surface area (Å²) in [4.78, 5) is 1.31. The summed E-state index contributed by atoms with van der Waals surface area (Å²) >= 11 is 1.91. The monoisotopic (exact) mass is 269 g/mol. The van der Waals surface area contributed by atoms with Crippen molar-refractivity contribution in [2.45, 2.75) is 35.4 Å². The van der Waals surface area contributed by atoms with Crippen molar-refractivity contribution in [2.75, 3.05) is 0 Å². The van der Waals surface area contributed by atoms with Gasteiger partial charge >= 0.3 is 0 Å². The smallest absolute Gasteiger partial charge is 0.0422 e. The Morgan fingerprint density at radius 2 is 1.58 bits per heavy atom. The van der Waals surface area contributed by atoms with E-state index < -0.39 is 0 Å². The van der Waals surface area contributed by atoms with Crippen molar-refractivity contribution in [3.63, 3.8) is 0 Å². The molecule has 2 aromatic rings. The molecule has 0 bridgehead atoms. The summed E-state index contributed by atoms with van der Waals surface area (Å²) in [6.07, 6.45) is 1.15. The summed E-state index contributed by atoms with van der Waals surface area (Å²) in [5, 5.41) is 0.465. The SMILES string of the molecule is CC1CC(Sc2ccccc2)C(N)c2ccccc21. The molecular weight excluding hydrogens is 250 g/mol. The summed E-state index contributed by atoms with van der Waals surface area (Å²) in [5.41, 5.74) is 9.24. The molecule has 0 spiro atoms. The first kappa shape index (κ1) is 12.8. The Bertz CT molecular complexity index is 552. The highest BCUT2D eigenvalue weighted by Crippen LogP contribution is 2.43. The first-order chi connectivity index (χ1) is 9.25. The summed E-state index contributed by atoms with van der Waals surface area (Å²) in [6.45, 7) is 2.31. The highest BCUT2D eigenvalue weighted by molar-refractivity contribution is 8.00. The summed E-state index contributed by atoms with van der Waals surface area (Å²) in [5.74, 6) is 0.595. The van der Waals surface area contributed by atoms with Gasteiger partial charge in [0.25, 0.3) is 0 Å². The van der Waals surface area contributed by atoms with E-state index >= 15 is 0 Å². The van der Waals surface area contributed by atoms with Crippen LogP contribution in [0.4, 0.5) is 0 Å². The van der Waals surface area contributed by atoms with E-state index in [0.717, 1.165) is 6.42 Å². The minimum Gasteiger partial charge on any atom is -0.323 e. The van der Waals surface area contributed by atoms with Crippen LogP contribution in [0.3, 0.4) is 0 Å². The number of hydrogen-bond acceptors (Lipinski definition) is 2. The van der Waals surface area contributed by atoms with Crippen LogP contribution in [-0.4, -0.2) is 5.25 Å². The van der Waals surface area contributed by atoms with E-state index in [1.54, 1.807) is 0 Å². The van der Waals surface area contributed by atoms with Crippen LogP contribution in [0.1, 0.15) is 36.4 Å². The molecule has 3 rings (SSSR count). The summed E-state index contributed by atoms with van der Waals surface area (Å²) < 4.78 is 0. The molecule has 98 valence electrons. The number of benzene rings is 2. The Hall–Kier alpha value is -1.25. The number of hydrogen-bond donors (Lipinski definition) is 1. The van der Waals surface area contributed by atoms with Gasteiger partial charge in [-0.25, -0.2) is 0 Å². The van der Waals surface area contributed by atoms with Crippen LogP contribution < -0.4 is 5.73 Å². The second-order valence-electron chi connectivity index (χ2n) is 5.26. The number of thioether (sulfide) groups is 1. The first-order valence-electron chi connectivity index (χ1n) is 6.82. The van der Waals surface area contributed by atoms with E-state index in [1.807, 2.05) is 11.8 Å². The lowest BCUT2D eigenvalue weighted by Crippen LogP contribution is -2.30. The lowest BCUT2D eigenvalue weighted by Gasteiger charge is -2.34. The quantitative estimate of drug-likeness (QED) is 0.877. The van der Waals surface area contributed by atoms with Gasteiger partial charge in [-0.1, -0.05) is 49.4 Å². The summed E-state index contributed by atoms with van der Waals surface area (Å²) in [7, 11) is 0. The van der Waals surface area contributed by atoms with Crippen molar-refractivity contribution in [3.05, 3.63) is 65.7 Å². The number of rotatable bonds is 2. The van der Waals surface area contributed by atoms with Gasteiger partial charge in [-0.15, -0.1) is 11.8 Å². The molecule has 2 heteroatoms. The van der Waals surface area contributed by atoms with Crippen molar-refractivity contribution in [1.29, 1.82) is 0 Å². The van der Waals surface area contributed by atoms with Crippen molar-refractivity contribution in [1.82, 2.24) is 0 Å². The second-order valence-corrected chi connectivity index (χ2v) is 6.57. The fourth-order valence-electron chi connectivity index (χ4n) is 2.88. The molecule has 3 unspecified atom stereocenters. The van der Waals surface area contributed by atoms with Gasteiger partial charge in [-0.05, 0) is 35.6 Å². The average molecular weight is 269 g/mol. The molecule has 1 aliphatic rings. The van der Waals surface area contributed by atoms with Crippen LogP contribution in [-0.2, 0) is 0 Å². The molecule has 0 saturated carbocycles. The molecule has 2 N–H and O–H groups in total. The Balaban J connectivity index is 1.86. The third kappa shape index (κ3) is 2.56. The van der Waals surface area contributed by atoms with E-state index in [2.05, 4.69) is 61.5 Å². The zero-order chi connectivity index (χ0) is 13.2. The fourth-order valence-corrected chi connectivity index (χ4v) is 4.22. The Morgan fingerprint density at radius 3 is 2.32 bits per heavy atom. The van der Waals surface area contributed by atoms with Gasteiger partial charge in [0, 0.05) is 16.2 Å². The standard InChI is InChI=1S/C17H19NS/c1-12-11-16(19-13-7-3-2-4-8-13)17(18)15-10-6-5-9-14(12)15/h2-10,12,16-17H,11,18H2,1H3. The molecule has 1 aliphatic carbocycles. The molecule has 0 aromatic heterocycles. The van der Waals surface area contributed by atoms with E-state index in [9.17, 15) is 0 Å². The predicted molar refractivity (Wildman–Crippen MR) is 82.5 cm³/mol. The van der Waals surface area contributed by atoms with E-state index in [1.165, 1.54) is 16.0 Å². The van der Waals surface area contributed by atoms with Crippen molar-refractivity contribution in [2.24, 2.45) is 5.73 Å². The van der Waals surface area contributed by atoms with Gasteiger partial charge in [-0.3, -0.25) is 0 Å². The van der Waals surface area contributed by atoms with Crippen LogP contribution >= 0.6 is 11.8 Å². The Labute approximate surface area is 119 Å². The lowest BCUT2D eigenvalue weighted by atomic mass is 9.81. The van der Waals surface area contributed by atoms with Crippen LogP contribution in [0.15, 0.2) is 59.5 Å². The molecule has 0 amide bonds. The molecule has 3 atom stereocenters. The van der Waals surface area contributed by atoms with Crippen LogP contribution in [0, 0.1) is 0 Å². The number of nitrogens with two attached hydrogens (primary N) is 1. The van der Waals surface area contributed by atoms with E-state index in [0.29, 0.717) is 11.2 Å². The molecule has 0 saturated heterocycles. The minimum atomic E-state index is 0.137. The zero-order valence-corrected chi connectivity index (χ0v) is 11.9. The van der Waals surface area contributed by atoms with Gasteiger partial charge < -0.3 is 5.73 Å². The predicted octanol–water partition coefficient (Wildman–Crippen LogP) is 4.35. The fraction of sp³-hybridized carbons (Fsp3) is 0.294. The highest BCUT2D eigenvalue weighted by atomic mass is 32.2. The van der Waals surface area contributed by atoms with Crippen LogP contribution in [0.5, 0.6) is 0 Å². The third-order valence-corrected chi connectivity index (χ3v) is 5.24. The normalized spacial score (nSPS) is 25.9. The van der Waals surface area contributed by atoms with Gasteiger partial charge in [0.1, 0.15) is 0 Å². The Morgan fingerprint density at radius 1 is 0.947 bits per heavy atom. The van der Waals surface area contributed by atoms with Gasteiger partial charge in [0.2, 0.25) is 0 Å².